The monoisotopic (exact) mass is 442 g/mol. The number of amides is 3. The van der Waals surface area contributed by atoms with Crippen molar-refractivity contribution in [1.29, 1.82) is 0 Å². The highest BCUT2D eigenvalue weighted by atomic mass is 16.2. The van der Waals surface area contributed by atoms with Crippen molar-refractivity contribution >= 4 is 11.9 Å². The van der Waals surface area contributed by atoms with Gasteiger partial charge in [0.25, 0.3) is 5.91 Å². The summed E-state index contributed by atoms with van der Waals surface area (Å²) in [5.74, 6) is -0.229. The Bertz CT molecular complexity index is 961. The van der Waals surface area contributed by atoms with Gasteiger partial charge in [0.1, 0.15) is 6.04 Å². The van der Waals surface area contributed by atoms with Gasteiger partial charge in [0, 0.05) is 13.1 Å². The van der Waals surface area contributed by atoms with E-state index in [2.05, 4.69) is 64.4 Å². The zero-order chi connectivity index (χ0) is 23.1. The van der Waals surface area contributed by atoms with Crippen LogP contribution < -0.4 is 16.2 Å². The minimum Gasteiger partial charge on any atom is -0.337 e. The summed E-state index contributed by atoms with van der Waals surface area (Å²) in [6.45, 7) is 3.21. The normalized spacial score (nSPS) is 17.1. The summed E-state index contributed by atoms with van der Waals surface area (Å²) in [7, 11) is 0. The zero-order valence-corrected chi connectivity index (χ0v) is 18.8. The van der Waals surface area contributed by atoms with Crippen LogP contribution in [0.1, 0.15) is 36.5 Å². The molecule has 0 aliphatic carbocycles. The maximum Gasteiger partial charge on any atom is 0.333 e. The van der Waals surface area contributed by atoms with Gasteiger partial charge < -0.3 is 5.32 Å². The summed E-state index contributed by atoms with van der Waals surface area (Å²) in [4.78, 5) is 27.1. The van der Waals surface area contributed by atoms with Gasteiger partial charge in [-0.1, -0.05) is 104 Å². The van der Waals surface area contributed by atoms with Gasteiger partial charge in [-0.15, -0.1) is 0 Å². The van der Waals surface area contributed by atoms with Crippen LogP contribution in [0.3, 0.4) is 0 Å². The first-order chi connectivity index (χ1) is 16.2. The van der Waals surface area contributed by atoms with Crippen molar-refractivity contribution in [2.45, 2.75) is 31.3 Å². The molecule has 0 bridgehead atoms. The second-order valence-electron chi connectivity index (χ2n) is 8.20. The van der Waals surface area contributed by atoms with Crippen molar-refractivity contribution in [1.82, 2.24) is 21.1 Å². The molecule has 3 aromatic carbocycles. The Kier molecular flexibility index (Phi) is 7.05. The first-order valence-electron chi connectivity index (χ1n) is 11.4. The smallest absolute Gasteiger partial charge is 0.333 e. The number of unbranched alkanes of at least 4 members (excludes halogenated alkanes) is 1. The lowest BCUT2D eigenvalue weighted by Gasteiger charge is -2.38. The molecule has 1 heterocycles. The number of carbonyl (C=O) groups excluding carboxylic acids is 2. The topological polar surface area (TPSA) is 73.2 Å². The van der Waals surface area contributed by atoms with Crippen LogP contribution in [-0.2, 0) is 10.3 Å². The van der Waals surface area contributed by atoms with Gasteiger partial charge in [-0.2, -0.15) is 0 Å². The Hall–Kier alpha value is -3.64. The summed E-state index contributed by atoms with van der Waals surface area (Å²) < 4.78 is 0. The minimum atomic E-state index is -0.630. The molecule has 6 heteroatoms. The maximum atomic E-state index is 13.0. The first-order valence-corrected chi connectivity index (χ1v) is 11.4. The molecule has 0 spiro atoms. The van der Waals surface area contributed by atoms with E-state index in [4.69, 9.17) is 0 Å². The van der Waals surface area contributed by atoms with Gasteiger partial charge in [0.2, 0.25) is 0 Å². The maximum absolute atomic E-state index is 13.0. The average molecular weight is 443 g/mol. The summed E-state index contributed by atoms with van der Waals surface area (Å²) in [6, 6.07) is 30.0. The molecular formula is C27H30N4O2. The number of nitrogens with zero attached hydrogens (tertiary/aromatic N) is 1. The van der Waals surface area contributed by atoms with E-state index >= 15 is 0 Å². The van der Waals surface area contributed by atoms with E-state index in [-0.39, 0.29) is 11.9 Å². The molecular weight excluding hydrogens is 412 g/mol. The van der Waals surface area contributed by atoms with Gasteiger partial charge in [-0.3, -0.25) is 15.1 Å². The molecule has 2 atom stereocenters. The molecule has 0 aromatic heterocycles. The predicted octanol–water partition coefficient (Wildman–Crippen LogP) is 3.79. The largest absolute Gasteiger partial charge is 0.337 e. The molecule has 3 N–H and O–H groups in total. The molecule has 1 aliphatic rings. The van der Waals surface area contributed by atoms with Crippen LogP contribution >= 0.6 is 0 Å². The molecule has 170 valence electrons. The number of rotatable bonds is 8. The predicted molar refractivity (Wildman–Crippen MR) is 129 cm³/mol. The van der Waals surface area contributed by atoms with Crippen LogP contribution in [0.15, 0.2) is 91.0 Å². The Balaban J connectivity index is 1.63. The van der Waals surface area contributed by atoms with Crippen LogP contribution in [0, 0.1) is 0 Å². The molecule has 3 aromatic rings. The van der Waals surface area contributed by atoms with E-state index in [0.717, 1.165) is 29.5 Å². The number of benzene rings is 3. The van der Waals surface area contributed by atoms with Crippen molar-refractivity contribution in [3.05, 3.63) is 108 Å². The molecule has 1 aliphatic heterocycles. The molecule has 1 fully saturated rings. The molecule has 33 heavy (non-hydrogen) atoms. The number of hydrogen-bond donors (Lipinski definition) is 3. The number of urea groups is 1. The lowest BCUT2D eigenvalue weighted by atomic mass is 9.76. The standard InChI is InChI=1S/C27H30N4O2/c1-2-3-19-28-26(33)30-29-25(32)24-20-31(24)27(21-13-7-4-8-14-21,22-15-9-5-10-16-22)23-17-11-6-12-18-23/h4-18,24H,2-3,19-20H2,1H3,(H,29,32)(H2,28,30,33)/t24-,31?/m0/s1. The summed E-state index contributed by atoms with van der Waals surface area (Å²) in [5, 5.41) is 2.74. The van der Waals surface area contributed by atoms with Crippen molar-refractivity contribution in [2.24, 2.45) is 0 Å². The third kappa shape index (κ3) is 4.76. The van der Waals surface area contributed by atoms with E-state index in [9.17, 15) is 9.59 Å². The fraction of sp³-hybridized carbons (Fsp3) is 0.259. The second-order valence-corrected chi connectivity index (χ2v) is 8.20. The fourth-order valence-electron chi connectivity index (χ4n) is 4.39. The van der Waals surface area contributed by atoms with Gasteiger partial charge >= 0.3 is 6.03 Å². The molecule has 4 rings (SSSR count). The molecule has 3 amide bonds. The van der Waals surface area contributed by atoms with Gasteiger partial charge in [-0.25, -0.2) is 10.2 Å². The highest BCUT2D eigenvalue weighted by molar-refractivity contribution is 5.87. The number of carbonyl (C=O) groups is 2. The van der Waals surface area contributed by atoms with E-state index < -0.39 is 11.6 Å². The molecule has 1 unspecified atom stereocenters. The van der Waals surface area contributed by atoms with Crippen LogP contribution in [0.5, 0.6) is 0 Å². The lowest BCUT2D eigenvalue weighted by Crippen LogP contribution is -2.50. The molecule has 0 saturated carbocycles. The van der Waals surface area contributed by atoms with E-state index in [0.29, 0.717) is 13.1 Å². The highest BCUT2D eigenvalue weighted by Gasteiger charge is 2.56. The molecule has 1 saturated heterocycles. The van der Waals surface area contributed by atoms with Crippen molar-refractivity contribution in [2.75, 3.05) is 13.1 Å². The van der Waals surface area contributed by atoms with Gasteiger partial charge in [-0.05, 0) is 23.1 Å². The highest BCUT2D eigenvalue weighted by Crippen LogP contribution is 2.48. The van der Waals surface area contributed by atoms with Crippen LogP contribution in [0.25, 0.3) is 0 Å². The van der Waals surface area contributed by atoms with Crippen molar-refractivity contribution in [3.63, 3.8) is 0 Å². The van der Waals surface area contributed by atoms with Crippen molar-refractivity contribution < 1.29 is 9.59 Å². The Morgan fingerprint density at radius 2 is 1.30 bits per heavy atom. The molecule has 6 nitrogen and oxygen atoms in total. The quantitative estimate of drug-likeness (QED) is 0.215. The van der Waals surface area contributed by atoms with Gasteiger partial charge in [0.05, 0.1) is 5.54 Å². The van der Waals surface area contributed by atoms with E-state index in [1.807, 2.05) is 54.6 Å². The summed E-state index contributed by atoms with van der Waals surface area (Å²) >= 11 is 0. The SMILES string of the molecule is CCCCNC(=O)NNC(=O)[C@@H]1CN1C(c1ccccc1)(c1ccccc1)c1ccccc1. The summed E-state index contributed by atoms with van der Waals surface area (Å²) in [5.41, 5.74) is 7.69. The van der Waals surface area contributed by atoms with Gasteiger partial charge in [0.15, 0.2) is 0 Å². The van der Waals surface area contributed by atoms with Crippen LogP contribution in [0.2, 0.25) is 0 Å². The Morgan fingerprint density at radius 3 is 1.76 bits per heavy atom. The number of hydrogen-bond acceptors (Lipinski definition) is 3. The van der Waals surface area contributed by atoms with Crippen LogP contribution in [0.4, 0.5) is 4.79 Å². The average Bonchev–Trinajstić information content (AvgIpc) is 3.67. The second kappa shape index (κ2) is 10.3. The third-order valence-corrected chi connectivity index (χ3v) is 6.04. The summed E-state index contributed by atoms with van der Waals surface area (Å²) in [6.07, 6.45) is 1.88. The van der Waals surface area contributed by atoms with Crippen molar-refractivity contribution in [3.8, 4) is 0 Å². The van der Waals surface area contributed by atoms with Crippen LogP contribution in [-0.4, -0.2) is 36.0 Å². The number of nitrogens with one attached hydrogen (secondary N) is 3. The van der Waals surface area contributed by atoms with E-state index in [1.165, 1.54) is 0 Å². The fourth-order valence-corrected chi connectivity index (χ4v) is 4.39. The first kappa shape index (κ1) is 22.6. The lowest BCUT2D eigenvalue weighted by molar-refractivity contribution is -0.122. The Morgan fingerprint density at radius 1 is 0.818 bits per heavy atom. The zero-order valence-electron chi connectivity index (χ0n) is 18.8. The minimum absolute atomic E-state index is 0.229. The Labute approximate surface area is 195 Å². The third-order valence-electron chi connectivity index (χ3n) is 6.04. The molecule has 0 radical (unpaired) electrons. The van der Waals surface area contributed by atoms with E-state index in [1.54, 1.807) is 0 Å². The number of hydrazine groups is 1.